The van der Waals surface area contributed by atoms with Crippen LogP contribution in [0.25, 0.3) is 116 Å². The molecule has 12 aromatic carbocycles. The van der Waals surface area contributed by atoms with Gasteiger partial charge in [0.25, 0.3) is 0 Å². The van der Waals surface area contributed by atoms with Crippen molar-refractivity contribution in [3.63, 3.8) is 0 Å². The Hall–Kier alpha value is -9.82. The topological polar surface area (TPSA) is 58.2 Å². The molecular formula is C89H74BN3O2Te. The van der Waals surface area contributed by atoms with Crippen molar-refractivity contribution in [2.45, 2.75) is 105 Å². The third kappa shape index (κ3) is 9.77. The molecule has 5 nitrogen and oxygen atoms in total. The summed E-state index contributed by atoms with van der Waals surface area (Å²) in [5.74, 6) is 0. The molecule has 0 fully saturated rings. The molecule has 0 radical (unpaired) electrons. The number of hydrogen-bond donors (Lipinski definition) is 0. The Morgan fingerprint density at radius 1 is 0.406 bits per heavy atom. The van der Waals surface area contributed by atoms with Crippen molar-refractivity contribution in [2.75, 3.05) is 4.90 Å². The molecule has 0 amide bonds. The summed E-state index contributed by atoms with van der Waals surface area (Å²) in [4.78, 5) is 2.53. The van der Waals surface area contributed by atoms with E-state index in [2.05, 4.69) is 258 Å². The second-order valence-electron chi connectivity index (χ2n) is 30.6. The molecule has 0 saturated carbocycles. The van der Waals surface area contributed by atoms with Crippen LogP contribution in [-0.4, -0.2) is 32.2 Å². The van der Waals surface area contributed by atoms with E-state index in [0.717, 1.165) is 105 Å². The summed E-state index contributed by atoms with van der Waals surface area (Å²) in [6.07, 6.45) is 0. The van der Waals surface area contributed by atoms with Crippen LogP contribution in [0.5, 0.6) is 0 Å². The van der Waals surface area contributed by atoms with E-state index in [1.54, 1.807) is 12.1 Å². The minimum atomic E-state index is -1.27. The van der Waals surface area contributed by atoms with E-state index in [0.29, 0.717) is 27.4 Å². The first-order valence-corrected chi connectivity index (χ1v) is 35.7. The van der Waals surface area contributed by atoms with Crippen molar-refractivity contribution in [2.24, 2.45) is 0 Å². The van der Waals surface area contributed by atoms with Gasteiger partial charge in [-0.05, 0) is 0 Å². The molecule has 0 saturated heterocycles. The number of benzene rings is 12. The Bertz CT molecular complexity index is 5900. The van der Waals surface area contributed by atoms with Gasteiger partial charge in [-0.2, -0.15) is 0 Å². The Morgan fingerprint density at radius 3 is 1.49 bits per heavy atom. The zero-order chi connectivity index (χ0) is 69.5. The predicted molar refractivity (Wildman–Crippen MR) is 407 cm³/mol. The van der Waals surface area contributed by atoms with Crippen LogP contribution in [0.2, 0.25) is 0 Å². The van der Waals surface area contributed by atoms with Gasteiger partial charge < -0.3 is 0 Å². The van der Waals surface area contributed by atoms with Gasteiger partial charge in [0.1, 0.15) is 0 Å². The van der Waals surface area contributed by atoms with Gasteiger partial charge in [0.05, 0.1) is 0 Å². The maximum atomic E-state index is 10.4. The molecule has 5 heterocycles. The van der Waals surface area contributed by atoms with E-state index in [9.17, 15) is 9.37 Å². The fourth-order valence-electron chi connectivity index (χ4n) is 14.9. The average Bonchev–Trinajstić information content (AvgIpc) is 0.995. The van der Waals surface area contributed by atoms with Crippen LogP contribution in [0.4, 0.5) is 17.1 Å². The maximum absolute atomic E-state index is 10.4. The van der Waals surface area contributed by atoms with E-state index in [4.69, 9.17) is 10.2 Å². The van der Waals surface area contributed by atoms with Gasteiger partial charge in [0.2, 0.25) is 0 Å². The van der Waals surface area contributed by atoms with Crippen LogP contribution in [0.3, 0.4) is 0 Å². The normalized spacial score (nSPS) is 13.9. The zero-order valence-corrected chi connectivity index (χ0v) is 58.6. The van der Waals surface area contributed by atoms with Gasteiger partial charge >= 0.3 is 558 Å². The third-order valence-corrected chi connectivity index (χ3v) is 23.5. The summed E-state index contributed by atoms with van der Waals surface area (Å²) in [7, 11) is 0. The van der Waals surface area contributed by atoms with E-state index < -0.39 is 20.9 Å². The average molecular weight is 1360 g/mol. The summed E-state index contributed by atoms with van der Waals surface area (Å²) >= 11 is -1.27. The van der Waals surface area contributed by atoms with E-state index in [1.807, 2.05) is 34.9 Å². The molecule has 96 heavy (non-hydrogen) atoms. The monoisotopic (exact) mass is 1360 g/mol. The number of fused-ring (bicyclic) bond motifs is 13. The summed E-state index contributed by atoms with van der Waals surface area (Å²) in [6, 6.07) is 76.8. The molecule has 15 aromatic rings. The first-order valence-electron chi connectivity index (χ1n) is 35.4. The van der Waals surface area contributed by atoms with Crippen molar-refractivity contribution in [1.29, 1.82) is 5.26 Å². The van der Waals surface area contributed by atoms with Crippen molar-refractivity contribution < 1.29 is 14.3 Å². The number of aromatic nitrogens is 1. The summed E-state index contributed by atoms with van der Waals surface area (Å²) in [5.41, 5.74) is 25.2. The van der Waals surface area contributed by atoms with Crippen molar-refractivity contribution in [3.8, 4) is 56.3 Å². The molecule has 0 unspecified atom stereocenters. The minimum absolute atomic E-state index is 0.102. The van der Waals surface area contributed by atoms with Crippen LogP contribution in [-0.2, 0) is 21.7 Å². The van der Waals surface area contributed by atoms with Crippen molar-refractivity contribution >= 4 is 134 Å². The molecule has 7 heteroatoms. The van der Waals surface area contributed by atoms with Crippen molar-refractivity contribution in [1.82, 2.24) is 4.57 Å². The summed E-state index contributed by atoms with van der Waals surface area (Å²) in [5, 5.41) is 15.6. The van der Waals surface area contributed by atoms with E-state index >= 15 is 0 Å². The zero-order valence-electron chi connectivity index (χ0n) is 60.3. The molecule has 17 rings (SSSR count). The standard InChI is InChI=1S/C89H74BN3O2Te/c1-86(2,3)59-39-57(40-60(47-59)87(4,5)6)53-31-36-76-72(43-53)90-73-44-54(58-41-61(88(7,8)9)48-62(42-58)89(10,11)12)32-37-82(73)96-83-50-63(92-74-25-16-13-20-66(74)71-38-52(51-91)28-35-75(71)92)49-77(84(83)90)93(76)85-64(55-29-33-69-67-21-14-17-26-78(67)94-80(69)45-55)23-19-24-65(85)56-30-34-70-68-22-15-18-27-79(68)95-81(70)46-56/h13-50H,1-12H3/i13D,16D,20D,25D. The molecule has 0 N–H and O–H groups in total. The van der Waals surface area contributed by atoms with E-state index in [1.165, 1.54) is 51.5 Å². The van der Waals surface area contributed by atoms with Crippen LogP contribution in [0.15, 0.2) is 239 Å². The number of hydrogen-bond acceptors (Lipinski definition) is 4. The second kappa shape index (κ2) is 21.6. The van der Waals surface area contributed by atoms with Gasteiger partial charge in [-0.3, -0.25) is 0 Å². The molecular weight excluding hydrogens is 1280 g/mol. The van der Waals surface area contributed by atoms with Crippen LogP contribution in [0.1, 0.15) is 116 Å². The SMILES string of the molecule is [2H]c1c([2H])c([2H])c2c(c1[2H])c1cc(C#N)ccc1n2-c1cc2c3c(c1)N(c1c(-c4ccc5c(c4)oc4ccccc45)cccc1-c1ccc4c(c1)oc1ccccc14)c1ccc(-c4cc(C(C)(C)C)cc(C(C)(C)C)c4)cc1B3c1cc(-c3cc(C(C)(C)C)cc(C(C)(C)C)c3)ccc1[Te]2. The molecule has 2 aliphatic rings. The second-order valence-corrected chi connectivity index (χ2v) is 33.7. The van der Waals surface area contributed by atoms with Crippen molar-refractivity contribution in [3.05, 3.63) is 258 Å². The first-order chi connectivity index (χ1) is 47.7. The summed E-state index contributed by atoms with van der Waals surface area (Å²) in [6.45, 7) is 27.4. The Kier molecular flexibility index (Phi) is 12.5. The molecule has 0 bridgehead atoms. The van der Waals surface area contributed by atoms with E-state index in [-0.39, 0.29) is 52.5 Å². The molecule has 0 atom stereocenters. The predicted octanol–water partition coefficient (Wildman–Crippen LogP) is 20.6. The van der Waals surface area contributed by atoms with Gasteiger partial charge in [-0.1, -0.05) is 24.3 Å². The fraction of sp³-hybridized carbons (Fsp3) is 0.180. The quantitative estimate of drug-likeness (QED) is 0.156. The molecule has 2 aliphatic heterocycles. The molecule has 3 aromatic heterocycles. The fourth-order valence-corrected chi connectivity index (χ4v) is 18.3. The number of nitrogens with zero attached hydrogens (tertiary/aromatic N) is 3. The Balaban J connectivity index is 1.02. The molecule has 0 aliphatic carbocycles. The third-order valence-electron chi connectivity index (χ3n) is 20.2. The molecule has 466 valence electrons. The number of rotatable bonds is 6. The Labute approximate surface area is 578 Å². The van der Waals surface area contributed by atoms with Gasteiger partial charge in [-0.15, -0.1) is 0 Å². The summed E-state index contributed by atoms with van der Waals surface area (Å²) < 4.78 is 55.9. The van der Waals surface area contributed by atoms with Crippen LogP contribution >= 0.6 is 0 Å². The number of anilines is 3. The first kappa shape index (κ1) is 55.5. The van der Waals surface area contributed by atoms with Gasteiger partial charge in [-0.25, -0.2) is 0 Å². The number of para-hydroxylation sites is 4. The Morgan fingerprint density at radius 2 is 0.927 bits per heavy atom. The van der Waals surface area contributed by atoms with Gasteiger partial charge in [0, 0.05) is 0 Å². The number of furan rings is 2. The van der Waals surface area contributed by atoms with Crippen LogP contribution in [0, 0.1) is 11.3 Å². The number of nitriles is 1. The van der Waals surface area contributed by atoms with Crippen LogP contribution < -0.4 is 28.5 Å². The van der Waals surface area contributed by atoms with Gasteiger partial charge in [0.15, 0.2) is 0 Å². The molecule has 0 spiro atoms.